The smallest absolute Gasteiger partial charge is 0.164 e. The summed E-state index contributed by atoms with van der Waals surface area (Å²) in [6, 6.07) is 76.8. The third-order valence-electron chi connectivity index (χ3n) is 13.1. The molecule has 3 nitrogen and oxygen atoms in total. The van der Waals surface area contributed by atoms with E-state index < -0.39 is 5.41 Å². The van der Waals surface area contributed by atoms with Gasteiger partial charge in [-0.05, 0) is 94.0 Å². The van der Waals surface area contributed by atoms with E-state index in [9.17, 15) is 0 Å². The Bertz CT molecular complexity index is 3540. The van der Waals surface area contributed by atoms with Crippen LogP contribution in [0.5, 0.6) is 0 Å². The maximum absolute atomic E-state index is 5.37. The Morgan fingerprint density at radius 3 is 1.49 bits per heavy atom. The Balaban J connectivity index is 1.01. The summed E-state index contributed by atoms with van der Waals surface area (Å²) in [7, 11) is 0. The highest BCUT2D eigenvalue weighted by Gasteiger charge is 2.52. The summed E-state index contributed by atoms with van der Waals surface area (Å²) in [5.41, 5.74) is 14.9. The Morgan fingerprint density at radius 2 is 0.770 bits per heavy atom. The largest absolute Gasteiger partial charge is 0.208 e. The van der Waals surface area contributed by atoms with E-state index in [-0.39, 0.29) is 0 Å². The topological polar surface area (TPSA) is 38.7 Å². The lowest BCUT2D eigenvalue weighted by Crippen LogP contribution is -2.25. The van der Waals surface area contributed by atoms with Gasteiger partial charge in [0, 0.05) is 16.7 Å². The molecule has 0 saturated heterocycles. The van der Waals surface area contributed by atoms with Crippen molar-refractivity contribution in [2.24, 2.45) is 0 Å². The Kier molecular flexibility index (Phi) is 7.22. The van der Waals surface area contributed by atoms with Crippen molar-refractivity contribution < 1.29 is 0 Å². The van der Waals surface area contributed by atoms with E-state index in [1.165, 1.54) is 82.4 Å². The Labute approximate surface area is 353 Å². The number of nitrogens with zero attached hydrogens (tertiary/aromatic N) is 3. The number of aromatic nitrogens is 3. The molecule has 0 fully saturated rings. The lowest BCUT2D eigenvalue weighted by molar-refractivity contribution is 0.794. The van der Waals surface area contributed by atoms with E-state index in [0.29, 0.717) is 17.5 Å². The molecule has 2 aliphatic rings. The highest BCUT2D eigenvalue weighted by molar-refractivity contribution is 6.20. The molecule has 1 heterocycles. The maximum atomic E-state index is 5.37. The van der Waals surface area contributed by atoms with Crippen LogP contribution in [0.2, 0.25) is 0 Å². The van der Waals surface area contributed by atoms with Gasteiger partial charge in [0.05, 0.1) is 5.41 Å². The summed E-state index contributed by atoms with van der Waals surface area (Å²) >= 11 is 0. The summed E-state index contributed by atoms with van der Waals surface area (Å²) in [5.74, 6) is 1.94. The number of hydrogen-bond donors (Lipinski definition) is 0. The van der Waals surface area contributed by atoms with Gasteiger partial charge in [0.25, 0.3) is 0 Å². The van der Waals surface area contributed by atoms with Crippen LogP contribution in [0, 0.1) is 0 Å². The molecule has 0 amide bonds. The summed E-state index contributed by atoms with van der Waals surface area (Å²) in [4.78, 5) is 15.8. The second kappa shape index (κ2) is 13.0. The van der Waals surface area contributed by atoms with E-state index in [4.69, 9.17) is 15.0 Å². The molecule has 0 saturated carbocycles. The quantitative estimate of drug-likeness (QED) is 0.132. The molecule has 0 unspecified atom stereocenters. The van der Waals surface area contributed by atoms with Gasteiger partial charge in [-0.1, -0.05) is 206 Å². The van der Waals surface area contributed by atoms with Crippen molar-refractivity contribution in [3.05, 3.63) is 235 Å². The predicted octanol–water partition coefficient (Wildman–Crippen LogP) is 14.3. The van der Waals surface area contributed by atoms with E-state index in [1.54, 1.807) is 0 Å². The molecule has 0 bridgehead atoms. The van der Waals surface area contributed by atoms with Crippen molar-refractivity contribution in [2.45, 2.75) is 5.41 Å². The first-order valence-electron chi connectivity index (χ1n) is 20.9. The average molecular weight is 774 g/mol. The van der Waals surface area contributed by atoms with Crippen LogP contribution in [0.15, 0.2) is 212 Å². The van der Waals surface area contributed by atoms with Gasteiger partial charge >= 0.3 is 0 Å². The number of fused-ring (bicyclic) bond motifs is 14. The number of hydrogen-bond acceptors (Lipinski definition) is 3. The van der Waals surface area contributed by atoms with Crippen LogP contribution in [0.4, 0.5) is 0 Å². The second-order valence-corrected chi connectivity index (χ2v) is 16.2. The van der Waals surface area contributed by atoms with Crippen molar-refractivity contribution >= 4 is 32.3 Å². The van der Waals surface area contributed by atoms with Crippen LogP contribution in [0.3, 0.4) is 0 Å². The highest BCUT2D eigenvalue weighted by atomic mass is 15.0. The molecular weight excluding hydrogens is 739 g/mol. The van der Waals surface area contributed by atoms with E-state index in [2.05, 4.69) is 194 Å². The maximum Gasteiger partial charge on any atom is 0.164 e. The van der Waals surface area contributed by atoms with Gasteiger partial charge in [-0.3, -0.25) is 0 Å². The molecule has 0 N–H and O–H groups in total. The van der Waals surface area contributed by atoms with Crippen LogP contribution in [0.25, 0.3) is 99.9 Å². The van der Waals surface area contributed by atoms with E-state index in [0.717, 1.165) is 22.3 Å². The molecule has 10 aromatic carbocycles. The van der Waals surface area contributed by atoms with Crippen molar-refractivity contribution in [1.29, 1.82) is 0 Å². The third-order valence-corrected chi connectivity index (χ3v) is 13.1. The number of benzene rings is 10. The van der Waals surface area contributed by atoms with Crippen molar-refractivity contribution in [2.75, 3.05) is 0 Å². The minimum absolute atomic E-state index is 0.457. The zero-order chi connectivity index (χ0) is 40.1. The van der Waals surface area contributed by atoms with Gasteiger partial charge in [-0.25, -0.2) is 15.0 Å². The van der Waals surface area contributed by atoms with Crippen molar-refractivity contribution in [3.8, 4) is 67.5 Å². The second-order valence-electron chi connectivity index (χ2n) is 16.2. The van der Waals surface area contributed by atoms with Gasteiger partial charge in [0.15, 0.2) is 17.5 Å². The van der Waals surface area contributed by atoms with Gasteiger partial charge in [0.1, 0.15) is 0 Å². The SMILES string of the molecule is c1ccc(-c2nc(-c3ccc(-c4c5ccccc5cc5c4ccc4ccccc45)cc3)nc(-c3cccc4c3-c3ccccc3C43c4ccccc4-c4ccccc43)n2)cc1. The van der Waals surface area contributed by atoms with Crippen LogP contribution >= 0.6 is 0 Å². The molecule has 61 heavy (non-hydrogen) atoms. The first kappa shape index (κ1) is 33.9. The molecule has 13 rings (SSSR count). The first-order chi connectivity index (χ1) is 30.3. The lowest BCUT2D eigenvalue weighted by atomic mass is 9.70. The molecule has 0 radical (unpaired) electrons. The molecule has 0 aliphatic heterocycles. The van der Waals surface area contributed by atoms with Crippen LogP contribution < -0.4 is 0 Å². The van der Waals surface area contributed by atoms with Crippen LogP contribution in [-0.2, 0) is 5.41 Å². The molecule has 1 aromatic heterocycles. The number of rotatable bonds is 4. The summed E-state index contributed by atoms with van der Waals surface area (Å²) < 4.78 is 0. The van der Waals surface area contributed by atoms with Gasteiger partial charge in [0.2, 0.25) is 0 Å². The third kappa shape index (κ3) is 4.83. The zero-order valence-electron chi connectivity index (χ0n) is 33.0. The van der Waals surface area contributed by atoms with Crippen LogP contribution in [0.1, 0.15) is 22.3 Å². The molecule has 0 atom stereocenters. The molecular formula is C58H35N3. The van der Waals surface area contributed by atoms with Crippen molar-refractivity contribution in [3.63, 3.8) is 0 Å². The summed E-state index contributed by atoms with van der Waals surface area (Å²) in [6.07, 6.45) is 0. The summed E-state index contributed by atoms with van der Waals surface area (Å²) in [6.45, 7) is 0. The fourth-order valence-electron chi connectivity index (χ4n) is 10.6. The zero-order valence-corrected chi connectivity index (χ0v) is 33.0. The van der Waals surface area contributed by atoms with E-state index >= 15 is 0 Å². The van der Waals surface area contributed by atoms with Crippen LogP contribution in [-0.4, -0.2) is 15.0 Å². The summed E-state index contributed by atoms with van der Waals surface area (Å²) in [5, 5.41) is 7.46. The minimum Gasteiger partial charge on any atom is -0.208 e. The van der Waals surface area contributed by atoms with Crippen molar-refractivity contribution in [1.82, 2.24) is 15.0 Å². The van der Waals surface area contributed by atoms with Gasteiger partial charge in [-0.2, -0.15) is 0 Å². The molecule has 1 spiro atoms. The predicted molar refractivity (Wildman–Crippen MR) is 250 cm³/mol. The molecule has 2 aliphatic carbocycles. The minimum atomic E-state index is -0.457. The Hall–Kier alpha value is -8.01. The van der Waals surface area contributed by atoms with E-state index in [1.807, 2.05) is 18.2 Å². The molecule has 11 aromatic rings. The van der Waals surface area contributed by atoms with Gasteiger partial charge < -0.3 is 0 Å². The monoisotopic (exact) mass is 773 g/mol. The fourth-order valence-corrected chi connectivity index (χ4v) is 10.6. The fraction of sp³-hybridized carbons (Fsp3) is 0.0172. The molecule has 3 heteroatoms. The lowest BCUT2D eigenvalue weighted by Gasteiger charge is -2.30. The molecule has 282 valence electrons. The normalized spacial score (nSPS) is 13.0. The Morgan fingerprint density at radius 1 is 0.262 bits per heavy atom. The standard InChI is InChI=1S/C58H35N3/c1-2-16-38(17-3-1)55-59-56(39-31-29-37(30-32-39)53-42-20-7-5-18-40(42)35-48-41-19-6-4-15-36(41)33-34-45(48)53)61-57(60-55)47-24-14-28-52-54(47)46-23-10-13-27-51(46)58(52)49-25-11-8-21-43(49)44-22-9-12-26-50(44)58/h1-35H. The highest BCUT2D eigenvalue weighted by Crippen LogP contribution is 2.63. The first-order valence-corrected chi connectivity index (χ1v) is 20.9. The average Bonchev–Trinajstić information content (AvgIpc) is 3.81. The van der Waals surface area contributed by atoms with Gasteiger partial charge in [-0.15, -0.1) is 0 Å².